The van der Waals surface area contributed by atoms with Gasteiger partial charge in [-0.05, 0) is 50.5 Å². The molecule has 0 fully saturated rings. The lowest BCUT2D eigenvalue weighted by Gasteiger charge is -2.32. The number of nitrogens with zero attached hydrogens (tertiary/aromatic N) is 1. The number of aryl methyl sites for hydroxylation is 1. The van der Waals surface area contributed by atoms with Crippen LogP contribution in [-0.2, 0) is 11.2 Å². The Bertz CT molecular complexity index is 477. The van der Waals surface area contributed by atoms with Gasteiger partial charge in [0.05, 0.1) is 0 Å². The zero-order chi connectivity index (χ0) is 16.8. The van der Waals surface area contributed by atoms with Crippen LogP contribution in [0.2, 0.25) is 0 Å². The Morgan fingerprint density at radius 1 is 1.27 bits per heavy atom. The maximum atomic E-state index is 12.3. The first-order valence-electron chi connectivity index (χ1n) is 7.97. The Hall–Kier alpha value is -1.55. The van der Waals surface area contributed by atoms with E-state index in [1.807, 2.05) is 24.3 Å². The summed E-state index contributed by atoms with van der Waals surface area (Å²) in [6.07, 6.45) is 2.11. The lowest BCUT2D eigenvalue weighted by molar-refractivity contribution is -0.122. The number of benzene rings is 1. The molecule has 4 heteroatoms. The fourth-order valence-electron chi connectivity index (χ4n) is 2.39. The molecule has 1 rings (SSSR count). The Kier molecular flexibility index (Phi) is 6.88. The summed E-state index contributed by atoms with van der Waals surface area (Å²) in [5.74, 6) is 0.0990. The highest BCUT2D eigenvalue weighted by atomic mass is 16.1. The number of hydrogen-bond acceptors (Lipinski definition) is 3. The first-order chi connectivity index (χ1) is 10.2. The van der Waals surface area contributed by atoms with Gasteiger partial charge in [-0.3, -0.25) is 4.79 Å². The van der Waals surface area contributed by atoms with Gasteiger partial charge in [0.25, 0.3) is 0 Å². The van der Waals surface area contributed by atoms with Crippen molar-refractivity contribution < 1.29 is 4.79 Å². The molecule has 0 saturated carbocycles. The van der Waals surface area contributed by atoms with Crippen molar-refractivity contribution in [2.24, 2.45) is 5.41 Å². The van der Waals surface area contributed by atoms with E-state index in [-0.39, 0.29) is 17.4 Å². The van der Waals surface area contributed by atoms with Crippen LogP contribution >= 0.6 is 0 Å². The highest BCUT2D eigenvalue weighted by Gasteiger charge is 2.25. The van der Waals surface area contributed by atoms with Gasteiger partial charge in [0.2, 0.25) is 5.91 Å². The number of anilines is 1. The zero-order valence-corrected chi connectivity index (χ0v) is 14.6. The molecule has 1 unspecified atom stereocenters. The summed E-state index contributed by atoms with van der Waals surface area (Å²) in [7, 11) is 4.11. The lowest BCUT2D eigenvalue weighted by Crippen LogP contribution is -2.45. The van der Waals surface area contributed by atoms with Crippen LogP contribution in [0, 0.1) is 5.41 Å². The van der Waals surface area contributed by atoms with Crippen molar-refractivity contribution in [1.82, 2.24) is 10.2 Å². The highest BCUT2D eigenvalue weighted by molar-refractivity contribution is 5.76. The Morgan fingerprint density at radius 2 is 1.91 bits per heavy atom. The molecule has 0 aliphatic heterocycles. The van der Waals surface area contributed by atoms with Gasteiger partial charge in [-0.1, -0.05) is 39.0 Å². The number of carbonyl (C=O) groups excluding carboxylic acids is 1. The summed E-state index contributed by atoms with van der Waals surface area (Å²) >= 11 is 0. The Morgan fingerprint density at radius 3 is 2.45 bits per heavy atom. The third kappa shape index (κ3) is 6.48. The minimum atomic E-state index is 0.0530. The van der Waals surface area contributed by atoms with E-state index in [9.17, 15) is 4.79 Å². The predicted molar refractivity (Wildman–Crippen MR) is 93.7 cm³/mol. The van der Waals surface area contributed by atoms with Crippen LogP contribution in [0.4, 0.5) is 5.69 Å². The lowest BCUT2D eigenvalue weighted by atomic mass is 9.84. The van der Waals surface area contributed by atoms with Gasteiger partial charge < -0.3 is 16.0 Å². The van der Waals surface area contributed by atoms with Gasteiger partial charge in [0.15, 0.2) is 0 Å². The fourth-order valence-corrected chi connectivity index (χ4v) is 2.39. The third-order valence-corrected chi connectivity index (χ3v) is 3.92. The van der Waals surface area contributed by atoms with Crippen LogP contribution in [0.1, 0.15) is 39.2 Å². The number of hydrogen-bond donors (Lipinski definition) is 2. The molecular weight excluding hydrogens is 274 g/mol. The molecule has 0 heterocycles. The van der Waals surface area contributed by atoms with Crippen molar-refractivity contribution in [2.45, 2.75) is 46.1 Å². The zero-order valence-electron chi connectivity index (χ0n) is 14.6. The standard InChI is InChI=1S/C18H31N3O/c1-18(2,3)16(12-13-21(4)5)20-17(22)11-10-14-8-6-7-9-15(14)19/h6-9,16H,10-13,19H2,1-5H3,(H,20,22). The second-order valence-corrected chi connectivity index (χ2v) is 7.28. The molecule has 1 amide bonds. The largest absolute Gasteiger partial charge is 0.399 e. The molecule has 3 N–H and O–H groups in total. The highest BCUT2D eigenvalue weighted by Crippen LogP contribution is 2.22. The molecule has 22 heavy (non-hydrogen) atoms. The first-order valence-corrected chi connectivity index (χ1v) is 7.97. The van der Waals surface area contributed by atoms with E-state index >= 15 is 0 Å². The van der Waals surface area contributed by atoms with Gasteiger partial charge in [-0.25, -0.2) is 0 Å². The fraction of sp³-hybridized carbons (Fsp3) is 0.611. The molecule has 0 aliphatic carbocycles. The van der Waals surface area contributed by atoms with Crippen molar-refractivity contribution in [3.8, 4) is 0 Å². The maximum Gasteiger partial charge on any atom is 0.220 e. The van der Waals surface area contributed by atoms with Gasteiger partial charge in [0.1, 0.15) is 0 Å². The normalized spacial score (nSPS) is 13.2. The molecule has 1 aromatic carbocycles. The number of rotatable bonds is 7. The SMILES string of the molecule is CN(C)CCC(NC(=O)CCc1ccccc1N)C(C)(C)C. The topological polar surface area (TPSA) is 58.4 Å². The van der Waals surface area contributed by atoms with E-state index in [4.69, 9.17) is 5.73 Å². The molecule has 0 aliphatic rings. The molecule has 0 radical (unpaired) electrons. The minimum absolute atomic E-state index is 0.0530. The van der Waals surface area contributed by atoms with E-state index in [0.717, 1.165) is 24.2 Å². The van der Waals surface area contributed by atoms with E-state index < -0.39 is 0 Å². The monoisotopic (exact) mass is 305 g/mol. The smallest absolute Gasteiger partial charge is 0.220 e. The van der Waals surface area contributed by atoms with Gasteiger partial charge in [0, 0.05) is 18.2 Å². The molecular formula is C18H31N3O. The van der Waals surface area contributed by atoms with Gasteiger partial charge in [-0.15, -0.1) is 0 Å². The number of nitrogens with one attached hydrogen (secondary N) is 1. The average molecular weight is 305 g/mol. The number of para-hydroxylation sites is 1. The van der Waals surface area contributed by atoms with Crippen LogP contribution in [0.25, 0.3) is 0 Å². The Labute approximate surface area is 135 Å². The predicted octanol–water partition coefficient (Wildman–Crippen LogP) is 2.68. The van der Waals surface area contributed by atoms with Crippen LogP contribution in [0.5, 0.6) is 0 Å². The van der Waals surface area contributed by atoms with Gasteiger partial charge in [-0.2, -0.15) is 0 Å². The van der Waals surface area contributed by atoms with Gasteiger partial charge >= 0.3 is 0 Å². The summed E-state index contributed by atoms with van der Waals surface area (Å²) < 4.78 is 0. The van der Waals surface area contributed by atoms with Crippen molar-refractivity contribution in [2.75, 3.05) is 26.4 Å². The first kappa shape index (κ1) is 18.5. The van der Waals surface area contributed by atoms with Crippen molar-refractivity contribution in [3.63, 3.8) is 0 Å². The third-order valence-electron chi connectivity index (χ3n) is 3.92. The molecule has 0 aromatic heterocycles. The van der Waals surface area contributed by atoms with Crippen LogP contribution < -0.4 is 11.1 Å². The number of nitrogens with two attached hydrogens (primary N) is 1. The van der Waals surface area contributed by atoms with E-state index in [2.05, 4.69) is 45.1 Å². The molecule has 0 bridgehead atoms. The molecule has 124 valence electrons. The number of amides is 1. The number of nitrogen functional groups attached to an aromatic ring is 1. The summed E-state index contributed by atoms with van der Waals surface area (Å²) in [6, 6.07) is 7.91. The minimum Gasteiger partial charge on any atom is -0.399 e. The summed E-state index contributed by atoms with van der Waals surface area (Å²) in [5.41, 5.74) is 7.77. The molecule has 0 spiro atoms. The summed E-state index contributed by atoms with van der Waals surface area (Å²) in [4.78, 5) is 14.4. The molecule has 1 atom stereocenters. The maximum absolute atomic E-state index is 12.3. The second kappa shape index (κ2) is 8.18. The van der Waals surface area contributed by atoms with Crippen LogP contribution in [0.3, 0.4) is 0 Å². The van der Waals surface area contributed by atoms with Crippen molar-refractivity contribution >= 4 is 11.6 Å². The number of carbonyl (C=O) groups is 1. The second-order valence-electron chi connectivity index (χ2n) is 7.28. The van der Waals surface area contributed by atoms with Crippen LogP contribution in [0.15, 0.2) is 24.3 Å². The van der Waals surface area contributed by atoms with E-state index in [0.29, 0.717) is 12.8 Å². The Balaban J connectivity index is 2.54. The molecule has 4 nitrogen and oxygen atoms in total. The van der Waals surface area contributed by atoms with Crippen molar-refractivity contribution in [1.29, 1.82) is 0 Å². The molecule has 1 aromatic rings. The summed E-state index contributed by atoms with van der Waals surface area (Å²) in [6.45, 7) is 7.47. The average Bonchev–Trinajstić information content (AvgIpc) is 2.41. The van der Waals surface area contributed by atoms with Crippen molar-refractivity contribution in [3.05, 3.63) is 29.8 Å². The van der Waals surface area contributed by atoms with Crippen LogP contribution in [-0.4, -0.2) is 37.5 Å². The summed E-state index contributed by atoms with van der Waals surface area (Å²) in [5, 5.41) is 3.20. The quantitative estimate of drug-likeness (QED) is 0.762. The van der Waals surface area contributed by atoms with E-state index in [1.165, 1.54) is 0 Å². The van der Waals surface area contributed by atoms with E-state index in [1.54, 1.807) is 0 Å². The molecule has 0 saturated heterocycles.